The highest BCUT2D eigenvalue weighted by atomic mass is 16.6. The highest BCUT2D eigenvalue weighted by Crippen LogP contribution is 2.23. The normalized spacial score (nSPS) is 10.2. The van der Waals surface area contributed by atoms with Crippen LogP contribution in [0.3, 0.4) is 0 Å². The van der Waals surface area contributed by atoms with Crippen molar-refractivity contribution in [1.82, 2.24) is 5.32 Å². The second kappa shape index (κ2) is 6.61. The second-order valence-corrected chi connectivity index (χ2v) is 3.87. The summed E-state index contributed by atoms with van der Waals surface area (Å²) in [5.74, 6) is 0.767. The van der Waals surface area contributed by atoms with Gasteiger partial charge in [-0.1, -0.05) is 18.2 Å². The Balaban J connectivity index is 1.93. The molecule has 0 unspecified atom stereocenters. The molecule has 2 aromatic rings. The van der Waals surface area contributed by atoms with Crippen LogP contribution in [0.25, 0.3) is 0 Å². The molecule has 2 rings (SSSR count). The van der Waals surface area contributed by atoms with E-state index in [0.717, 1.165) is 0 Å². The number of furan rings is 1. The number of hydrogen-bond acceptors (Lipinski definition) is 4. The Labute approximate surface area is 110 Å². The van der Waals surface area contributed by atoms with Crippen molar-refractivity contribution in [3.63, 3.8) is 0 Å². The fourth-order valence-electron chi connectivity index (χ4n) is 1.47. The minimum Gasteiger partial charge on any atom is -0.426 e. The first-order chi connectivity index (χ1) is 9.29. The van der Waals surface area contributed by atoms with Gasteiger partial charge in [-0.2, -0.15) is 0 Å². The standard InChI is InChI=1S/C14H15NO4/c16-10-4-9-15-14(17)12-7-8-13(19-12)18-11-5-2-1-3-6-11/h1-3,5-8,16H,4,9-10H2,(H,15,17). The highest BCUT2D eigenvalue weighted by Gasteiger charge is 2.11. The number of carbonyl (C=O) groups is 1. The first kappa shape index (κ1) is 13.2. The van der Waals surface area contributed by atoms with E-state index in [4.69, 9.17) is 14.3 Å². The third-order valence-electron chi connectivity index (χ3n) is 2.39. The zero-order valence-corrected chi connectivity index (χ0v) is 10.3. The predicted molar refractivity (Wildman–Crippen MR) is 69.3 cm³/mol. The van der Waals surface area contributed by atoms with Crippen LogP contribution in [0.5, 0.6) is 11.7 Å². The minimum absolute atomic E-state index is 0.0425. The number of ether oxygens (including phenoxy) is 1. The second-order valence-electron chi connectivity index (χ2n) is 3.87. The van der Waals surface area contributed by atoms with Gasteiger partial charge >= 0.3 is 0 Å². The fraction of sp³-hybridized carbons (Fsp3) is 0.214. The first-order valence-electron chi connectivity index (χ1n) is 6.01. The molecule has 5 heteroatoms. The molecule has 0 bridgehead atoms. The van der Waals surface area contributed by atoms with Crippen LogP contribution in [0.1, 0.15) is 17.0 Å². The summed E-state index contributed by atoms with van der Waals surface area (Å²) in [4.78, 5) is 11.6. The fourth-order valence-corrected chi connectivity index (χ4v) is 1.47. The van der Waals surface area contributed by atoms with E-state index < -0.39 is 0 Å². The number of nitrogens with one attached hydrogen (secondary N) is 1. The van der Waals surface area contributed by atoms with Crippen LogP contribution in [-0.2, 0) is 0 Å². The molecule has 0 radical (unpaired) electrons. The molecular weight excluding hydrogens is 246 g/mol. The van der Waals surface area contributed by atoms with Gasteiger partial charge in [0, 0.05) is 19.2 Å². The van der Waals surface area contributed by atoms with Gasteiger partial charge < -0.3 is 19.6 Å². The maximum Gasteiger partial charge on any atom is 0.290 e. The summed E-state index contributed by atoms with van der Waals surface area (Å²) in [6.07, 6.45) is 0.514. The van der Waals surface area contributed by atoms with Gasteiger partial charge in [0.15, 0.2) is 5.76 Å². The zero-order chi connectivity index (χ0) is 13.5. The number of hydrogen-bond donors (Lipinski definition) is 2. The first-order valence-corrected chi connectivity index (χ1v) is 6.01. The molecule has 2 N–H and O–H groups in total. The summed E-state index contributed by atoms with van der Waals surface area (Å²) in [6.45, 7) is 0.450. The smallest absolute Gasteiger partial charge is 0.290 e. The lowest BCUT2D eigenvalue weighted by atomic mass is 10.3. The molecule has 1 aromatic carbocycles. The Morgan fingerprint density at radius 1 is 1.21 bits per heavy atom. The van der Waals surface area contributed by atoms with E-state index in [0.29, 0.717) is 18.7 Å². The molecule has 5 nitrogen and oxygen atoms in total. The average molecular weight is 261 g/mol. The lowest BCUT2D eigenvalue weighted by Gasteiger charge is -2.02. The lowest BCUT2D eigenvalue weighted by molar-refractivity contribution is 0.0918. The number of aliphatic hydroxyl groups excluding tert-OH is 1. The van der Waals surface area contributed by atoms with Gasteiger partial charge in [-0.25, -0.2) is 0 Å². The van der Waals surface area contributed by atoms with Crippen LogP contribution in [0.2, 0.25) is 0 Å². The molecule has 19 heavy (non-hydrogen) atoms. The van der Waals surface area contributed by atoms with Gasteiger partial charge in [0.05, 0.1) is 0 Å². The van der Waals surface area contributed by atoms with Crippen molar-refractivity contribution in [2.75, 3.05) is 13.2 Å². The number of benzene rings is 1. The molecule has 0 aliphatic carbocycles. The quantitative estimate of drug-likeness (QED) is 0.782. The van der Waals surface area contributed by atoms with Crippen LogP contribution < -0.4 is 10.1 Å². The summed E-state index contributed by atoms with van der Waals surface area (Å²) in [6, 6.07) is 12.3. The van der Waals surface area contributed by atoms with Gasteiger partial charge in [-0.15, -0.1) is 0 Å². The van der Waals surface area contributed by atoms with Gasteiger partial charge in [-0.3, -0.25) is 4.79 Å². The molecule has 1 aromatic heterocycles. The van der Waals surface area contributed by atoms with Crippen molar-refractivity contribution in [1.29, 1.82) is 0 Å². The summed E-state index contributed by atoms with van der Waals surface area (Å²) in [5.41, 5.74) is 0. The monoisotopic (exact) mass is 261 g/mol. The Morgan fingerprint density at radius 2 is 2.00 bits per heavy atom. The average Bonchev–Trinajstić information content (AvgIpc) is 2.89. The van der Waals surface area contributed by atoms with E-state index >= 15 is 0 Å². The summed E-state index contributed by atoms with van der Waals surface area (Å²) in [7, 11) is 0. The Hall–Kier alpha value is -2.27. The summed E-state index contributed by atoms with van der Waals surface area (Å²) < 4.78 is 10.7. The van der Waals surface area contributed by atoms with E-state index in [1.807, 2.05) is 18.2 Å². The largest absolute Gasteiger partial charge is 0.426 e. The predicted octanol–water partition coefficient (Wildman–Crippen LogP) is 2.18. The lowest BCUT2D eigenvalue weighted by Crippen LogP contribution is -2.24. The topological polar surface area (TPSA) is 71.7 Å². The maximum absolute atomic E-state index is 11.6. The van der Waals surface area contributed by atoms with Crippen molar-refractivity contribution >= 4 is 5.91 Å². The van der Waals surface area contributed by atoms with E-state index in [1.54, 1.807) is 24.3 Å². The van der Waals surface area contributed by atoms with Gasteiger partial charge in [0.25, 0.3) is 11.9 Å². The number of rotatable bonds is 6. The third kappa shape index (κ3) is 3.86. The Bertz CT molecular complexity index is 521. The van der Waals surface area contributed by atoms with E-state index in [1.165, 1.54) is 0 Å². The highest BCUT2D eigenvalue weighted by molar-refractivity contribution is 5.91. The zero-order valence-electron chi connectivity index (χ0n) is 10.3. The molecule has 100 valence electrons. The number of carbonyl (C=O) groups excluding carboxylic acids is 1. The van der Waals surface area contributed by atoms with E-state index in [9.17, 15) is 4.79 Å². The van der Waals surface area contributed by atoms with Crippen LogP contribution in [0.4, 0.5) is 0 Å². The summed E-state index contributed by atoms with van der Waals surface area (Å²) in [5, 5.41) is 11.3. The molecule has 0 saturated carbocycles. The van der Waals surface area contributed by atoms with Crippen molar-refractivity contribution in [3.8, 4) is 11.7 Å². The van der Waals surface area contributed by atoms with Crippen molar-refractivity contribution in [2.24, 2.45) is 0 Å². The molecule has 0 spiro atoms. The molecule has 1 amide bonds. The van der Waals surface area contributed by atoms with Crippen molar-refractivity contribution in [2.45, 2.75) is 6.42 Å². The Kier molecular flexibility index (Phi) is 4.58. The third-order valence-corrected chi connectivity index (χ3v) is 2.39. The van der Waals surface area contributed by atoms with Crippen LogP contribution in [0.15, 0.2) is 46.9 Å². The van der Waals surface area contributed by atoms with Crippen LogP contribution in [-0.4, -0.2) is 24.2 Å². The van der Waals surface area contributed by atoms with Gasteiger partial charge in [0.1, 0.15) is 5.75 Å². The van der Waals surface area contributed by atoms with Crippen molar-refractivity contribution in [3.05, 3.63) is 48.2 Å². The molecular formula is C14H15NO4. The number of aliphatic hydroxyl groups is 1. The molecule has 0 saturated heterocycles. The number of amides is 1. The SMILES string of the molecule is O=C(NCCCO)c1ccc(Oc2ccccc2)o1. The van der Waals surface area contributed by atoms with Gasteiger partial charge in [0.2, 0.25) is 0 Å². The molecule has 0 aliphatic heterocycles. The number of para-hydroxylation sites is 1. The van der Waals surface area contributed by atoms with Crippen LogP contribution >= 0.6 is 0 Å². The summed E-state index contributed by atoms with van der Waals surface area (Å²) >= 11 is 0. The van der Waals surface area contributed by atoms with E-state index in [-0.39, 0.29) is 24.2 Å². The molecule has 0 atom stereocenters. The molecule has 1 heterocycles. The maximum atomic E-state index is 11.6. The molecule has 0 fully saturated rings. The minimum atomic E-state index is -0.323. The van der Waals surface area contributed by atoms with E-state index in [2.05, 4.69) is 5.32 Å². The van der Waals surface area contributed by atoms with Gasteiger partial charge in [-0.05, 0) is 24.6 Å². The van der Waals surface area contributed by atoms with Crippen molar-refractivity contribution < 1.29 is 19.1 Å². The Morgan fingerprint density at radius 3 is 2.74 bits per heavy atom. The van der Waals surface area contributed by atoms with Crippen LogP contribution in [0, 0.1) is 0 Å². The molecule has 0 aliphatic rings.